The Balaban J connectivity index is 0. The second-order valence-electron chi connectivity index (χ2n) is 3.25. The van der Waals surface area contributed by atoms with Crippen LogP contribution in [0.4, 0.5) is 0 Å². The normalized spacial score (nSPS) is 14.8. The van der Waals surface area contributed by atoms with Crippen LogP contribution < -0.4 is 0 Å². The van der Waals surface area contributed by atoms with Gasteiger partial charge in [-0.05, 0) is 0 Å². The van der Waals surface area contributed by atoms with Crippen molar-refractivity contribution in [3.05, 3.63) is 54.5 Å². The fourth-order valence-corrected chi connectivity index (χ4v) is 1.03. The van der Waals surface area contributed by atoms with Crippen molar-refractivity contribution in [1.82, 2.24) is 0 Å². The van der Waals surface area contributed by atoms with Gasteiger partial charge in [-0.15, -0.1) is 12.8 Å². The maximum absolute atomic E-state index is 4.62. The van der Waals surface area contributed by atoms with Crippen molar-refractivity contribution >= 4 is 11.9 Å². The van der Waals surface area contributed by atoms with Crippen LogP contribution in [0.3, 0.4) is 0 Å². The summed E-state index contributed by atoms with van der Waals surface area (Å²) in [5, 5.41) is 0. The molecule has 1 radical (unpaired) electrons. The van der Waals surface area contributed by atoms with Crippen LogP contribution in [0.5, 0.6) is 0 Å². The molecule has 2 aliphatic rings. The molecule has 0 saturated heterocycles. The Morgan fingerprint density at radius 3 is 1.59 bits per heavy atom. The molecule has 1 nitrogen and oxygen atoms in total. The molecule has 17 heavy (non-hydrogen) atoms. The Kier molecular flexibility index (Phi) is 16.2. The summed E-state index contributed by atoms with van der Waals surface area (Å²) in [5.41, 5.74) is 2.55. The van der Waals surface area contributed by atoms with Gasteiger partial charge in [0.25, 0.3) is 0 Å². The summed E-state index contributed by atoms with van der Waals surface area (Å²) < 4.78 is 3.90. The molecular formula is C14H18ClOZr. The van der Waals surface area contributed by atoms with Gasteiger partial charge in [0.1, 0.15) is 0 Å². The molecule has 2 rings (SSSR count). The number of allylic oxidation sites excluding steroid dienone is 8. The van der Waals surface area contributed by atoms with E-state index in [0.29, 0.717) is 6.61 Å². The summed E-state index contributed by atoms with van der Waals surface area (Å²) in [7, 11) is 0. The monoisotopic (exact) mass is 327 g/mol. The van der Waals surface area contributed by atoms with E-state index in [-0.39, 0.29) is 26.2 Å². The molecule has 0 saturated carbocycles. The molecule has 2 aliphatic carbocycles. The predicted octanol–water partition coefficient (Wildman–Crippen LogP) is 4.38. The minimum Gasteiger partial charge on any atom is -0.316 e. The van der Waals surface area contributed by atoms with Crippen molar-refractivity contribution in [2.24, 2.45) is 0 Å². The average Bonchev–Trinajstić information content (AvgIpc) is 2.93. The van der Waals surface area contributed by atoms with E-state index in [4.69, 9.17) is 0 Å². The van der Waals surface area contributed by atoms with Gasteiger partial charge in [-0.25, -0.2) is 23.3 Å². The molecule has 91 valence electrons. The molecule has 0 aromatic rings. The first-order valence-corrected chi connectivity index (χ1v) is 5.52. The Morgan fingerprint density at radius 1 is 1.18 bits per heavy atom. The SMILES string of the molecule is CC1=[C-]CC=C1.CC1=[C-]CC=C1.[CH2-]COCl.[Zr+3]. The standard InChI is InChI=1S/2C6H7.C2H4ClO.Zr/c2*1-6-4-2-3-5-6;1-2-4-3;/h2*2,4H,3H2,1H3;1-2H2;/q3*-1;+3. The molecule has 3 heteroatoms. The third-order valence-electron chi connectivity index (χ3n) is 1.81. The zero-order chi connectivity index (χ0) is 12.2. The van der Waals surface area contributed by atoms with Crippen LogP contribution >= 0.6 is 11.9 Å². The largest absolute Gasteiger partial charge is 3.00 e. The quantitative estimate of drug-likeness (QED) is 0.649. The van der Waals surface area contributed by atoms with E-state index in [1.165, 1.54) is 11.1 Å². The van der Waals surface area contributed by atoms with Crippen molar-refractivity contribution in [3.8, 4) is 0 Å². The van der Waals surface area contributed by atoms with Gasteiger partial charge in [-0.1, -0.05) is 20.5 Å². The first kappa shape index (κ1) is 19.4. The van der Waals surface area contributed by atoms with Crippen molar-refractivity contribution in [2.45, 2.75) is 26.7 Å². The van der Waals surface area contributed by atoms with Crippen LogP contribution in [0.1, 0.15) is 26.7 Å². The van der Waals surface area contributed by atoms with Gasteiger partial charge < -0.3 is 11.2 Å². The van der Waals surface area contributed by atoms with Crippen LogP contribution in [-0.2, 0) is 30.5 Å². The Morgan fingerprint density at radius 2 is 1.53 bits per heavy atom. The second-order valence-corrected chi connectivity index (χ2v) is 3.46. The smallest absolute Gasteiger partial charge is 0.316 e. The number of halogens is 1. The van der Waals surface area contributed by atoms with Crippen molar-refractivity contribution in [3.63, 3.8) is 0 Å². The van der Waals surface area contributed by atoms with Crippen molar-refractivity contribution in [1.29, 1.82) is 0 Å². The summed E-state index contributed by atoms with van der Waals surface area (Å²) in [6.07, 6.45) is 16.7. The van der Waals surface area contributed by atoms with E-state index in [1.54, 1.807) is 0 Å². The molecule has 0 aliphatic heterocycles. The van der Waals surface area contributed by atoms with Crippen LogP contribution in [0.15, 0.2) is 35.5 Å². The zero-order valence-corrected chi connectivity index (χ0v) is 13.6. The van der Waals surface area contributed by atoms with Crippen molar-refractivity contribution in [2.75, 3.05) is 6.61 Å². The van der Waals surface area contributed by atoms with E-state index in [9.17, 15) is 0 Å². The first-order chi connectivity index (χ1) is 7.70. The first-order valence-electron chi connectivity index (χ1n) is 5.21. The molecule has 0 aromatic carbocycles. The van der Waals surface area contributed by atoms with Gasteiger partial charge in [0.2, 0.25) is 0 Å². The summed E-state index contributed by atoms with van der Waals surface area (Å²) in [6.45, 7) is 7.70. The van der Waals surface area contributed by atoms with E-state index in [1.807, 2.05) is 0 Å². The van der Waals surface area contributed by atoms with Gasteiger partial charge in [-0.2, -0.15) is 12.2 Å². The molecule has 0 heterocycles. The van der Waals surface area contributed by atoms with Gasteiger partial charge in [0.05, 0.1) is 11.9 Å². The van der Waals surface area contributed by atoms with Gasteiger partial charge in [0, 0.05) is 0 Å². The maximum atomic E-state index is 4.62. The Hall–Kier alpha value is 0.0931. The molecule has 0 N–H and O–H groups in total. The topological polar surface area (TPSA) is 9.23 Å². The molecule has 0 fully saturated rings. The maximum Gasteiger partial charge on any atom is 3.00 e. The third-order valence-corrected chi connectivity index (χ3v) is 1.96. The van der Waals surface area contributed by atoms with E-state index in [2.05, 4.69) is 73.4 Å². The molecule has 0 atom stereocenters. The number of rotatable bonds is 1. The van der Waals surface area contributed by atoms with Crippen LogP contribution in [0, 0.1) is 19.1 Å². The van der Waals surface area contributed by atoms with Crippen LogP contribution in [0.2, 0.25) is 0 Å². The molecular weight excluding hydrogens is 311 g/mol. The Bertz CT molecular complexity index is 255. The summed E-state index contributed by atoms with van der Waals surface area (Å²) in [5.74, 6) is 0. The third kappa shape index (κ3) is 14.0. The van der Waals surface area contributed by atoms with Crippen LogP contribution in [-0.4, -0.2) is 6.61 Å². The van der Waals surface area contributed by atoms with E-state index in [0.717, 1.165) is 12.8 Å². The molecule has 0 spiro atoms. The fraction of sp³-hybridized carbons (Fsp3) is 0.357. The van der Waals surface area contributed by atoms with Gasteiger partial charge >= 0.3 is 26.2 Å². The molecule has 0 aromatic heterocycles. The summed E-state index contributed by atoms with van der Waals surface area (Å²) in [6, 6.07) is 0. The van der Waals surface area contributed by atoms with Gasteiger partial charge in [-0.3, -0.25) is 12.2 Å². The minimum atomic E-state index is 0. The summed E-state index contributed by atoms with van der Waals surface area (Å²) in [4.78, 5) is 0. The minimum absolute atomic E-state index is 0. The second kappa shape index (κ2) is 14.2. The average molecular weight is 329 g/mol. The van der Waals surface area contributed by atoms with Gasteiger partial charge in [0.15, 0.2) is 0 Å². The predicted molar refractivity (Wildman–Crippen MR) is 69.5 cm³/mol. The molecule has 0 amide bonds. The summed E-state index contributed by atoms with van der Waals surface area (Å²) >= 11 is 4.62. The fourth-order valence-electron chi connectivity index (χ4n) is 1.03. The Labute approximate surface area is 130 Å². The van der Waals surface area contributed by atoms with Crippen LogP contribution in [0.25, 0.3) is 0 Å². The van der Waals surface area contributed by atoms with E-state index >= 15 is 0 Å². The van der Waals surface area contributed by atoms with Crippen molar-refractivity contribution < 1.29 is 30.5 Å². The zero-order valence-electron chi connectivity index (χ0n) is 10.4. The molecule has 0 unspecified atom stereocenters. The number of hydrogen-bond donors (Lipinski definition) is 0. The van der Waals surface area contributed by atoms with E-state index < -0.39 is 0 Å². The number of hydrogen-bond acceptors (Lipinski definition) is 1. The molecule has 0 bridgehead atoms.